The predicted octanol–water partition coefficient (Wildman–Crippen LogP) is 5.86. The van der Waals surface area contributed by atoms with E-state index in [9.17, 15) is 5.26 Å². The number of hydrogen-bond donors (Lipinski definition) is 0. The highest BCUT2D eigenvalue weighted by molar-refractivity contribution is 5.90. The number of likely N-dealkylation sites (N-methyl/N-ethyl adjacent to an activating group) is 1. The van der Waals surface area contributed by atoms with E-state index in [1.165, 1.54) is 0 Å². The molecule has 144 valence electrons. The molecule has 2 rings (SSSR count). The van der Waals surface area contributed by atoms with E-state index in [1.807, 2.05) is 26.0 Å². The Morgan fingerprint density at radius 3 is 2.57 bits per heavy atom. The number of hydrogen-bond acceptors (Lipinski definition) is 4. The molecule has 0 aliphatic heterocycles. The van der Waals surface area contributed by atoms with Crippen molar-refractivity contribution in [2.75, 3.05) is 31.2 Å². The van der Waals surface area contributed by atoms with E-state index in [2.05, 4.69) is 40.1 Å². The Hall–Kier alpha value is -3.26. The van der Waals surface area contributed by atoms with Crippen LogP contribution in [0.25, 0.3) is 22.1 Å². The molecule has 0 aliphatic carbocycles. The van der Waals surface area contributed by atoms with E-state index >= 15 is 0 Å². The quantitative estimate of drug-likeness (QED) is 0.137. The molecule has 0 heterocycles. The second-order valence-corrected chi connectivity index (χ2v) is 6.22. The van der Waals surface area contributed by atoms with Gasteiger partial charge in [0, 0.05) is 36.0 Å². The van der Waals surface area contributed by atoms with E-state index in [1.54, 1.807) is 24.3 Å². The minimum Gasteiger partial charge on any atom is -0.380 e. The van der Waals surface area contributed by atoms with Crippen LogP contribution in [0.4, 0.5) is 11.4 Å². The molecule has 6 heteroatoms. The van der Waals surface area contributed by atoms with Crippen molar-refractivity contribution in [3.63, 3.8) is 0 Å². The van der Waals surface area contributed by atoms with Gasteiger partial charge in [0.15, 0.2) is 0 Å². The number of azide groups is 1. The van der Waals surface area contributed by atoms with Crippen molar-refractivity contribution in [1.29, 1.82) is 5.26 Å². The lowest BCUT2D eigenvalue weighted by molar-refractivity contribution is 0.154. The first-order valence-corrected chi connectivity index (χ1v) is 9.33. The van der Waals surface area contributed by atoms with Gasteiger partial charge in [0.05, 0.1) is 18.2 Å². The standard InChI is InChI=1S/C22H25N5O/c1-4-27(12-13-28-5-2)22-11-8-19(17(3)14-22)15-20(16-23)18-6-9-21(10-7-18)25-26-24/h6-11,14-15H,4-5,12-13H2,1-3H3/b20-15+. The summed E-state index contributed by atoms with van der Waals surface area (Å²) in [5.41, 5.74) is 13.6. The SMILES string of the molecule is CCOCCN(CC)c1ccc(/C=C(\C#N)c2ccc(N=[N+]=[N-])cc2)c(C)c1. The van der Waals surface area contributed by atoms with Gasteiger partial charge in [0.2, 0.25) is 0 Å². The number of allylic oxidation sites excluding steroid dienone is 1. The van der Waals surface area contributed by atoms with Crippen LogP contribution in [-0.2, 0) is 4.74 Å². The van der Waals surface area contributed by atoms with Crippen LogP contribution >= 0.6 is 0 Å². The van der Waals surface area contributed by atoms with Crippen molar-refractivity contribution in [1.82, 2.24) is 0 Å². The molecule has 0 radical (unpaired) electrons. The Balaban J connectivity index is 2.26. The van der Waals surface area contributed by atoms with Crippen molar-refractivity contribution < 1.29 is 4.74 Å². The van der Waals surface area contributed by atoms with Crippen molar-refractivity contribution in [2.24, 2.45) is 5.11 Å². The zero-order chi connectivity index (χ0) is 20.4. The molecule has 0 unspecified atom stereocenters. The van der Waals surface area contributed by atoms with Crippen molar-refractivity contribution in [3.05, 3.63) is 69.6 Å². The average molecular weight is 375 g/mol. The third kappa shape index (κ3) is 5.62. The Morgan fingerprint density at radius 1 is 1.25 bits per heavy atom. The van der Waals surface area contributed by atoms with Crippen LogP contribution in [0.5, 0.6) is 0 Å². The lowest BCUT2D eigenvalue weighted by atomic mass is 10.0. The Morgan fingerprint density at radius 2 is 2.00 bits per heavy atom. The molecule has 0 amide bonds. The number of anilines is 1. The molecule has 0 N–H and O–H groups in total. The molecular formula is C22H25N5O. The van der Waals surface area contributed by atoms with Gasteiger partial charge < -0.3 is 9.64 Å². The van der Waals surface area contributed by atoms with Crippen LogP contribution in [0.2, 0.25) is 0 Å². The Kier molecular flexibility index (Phi) is 8.11. The molecule has 0 saturated heterocycles. The molecule has 0 saturated carbocycles. The van der Waals surface area contributed by atoms with Gasteiger partial charge in [0.1, 0.15) is 0 Å². The van der Waals surface area contributed by atoms with E-state index in [4.69, 9.17) is 10.3 Å². The fourth-order valence-corrected chi connectivity index (χ4v) is 2.90. The van der Waals surface area contributed by atoms with E-state index in [-0.39, 0.29) is 0 Å². The number of nitrogens with zero attached hydrogens (tertiary/aromatic N) is 5. The zero-order valence-corrected chi connectivity index (χ0v) is 16.6. The third-order valence-electron chi connectivity index (χ3n) is 4.47. The predicted molar refractivity (Wildman–Crippen MR) is 114 cm³/mol. The highest BCUT2D eigenvalue weighted by Crippen LogP contribution is 2.25. The second kappa shape index (κ2) is 10.8. The fraction of sp³-hybridized carbons (Fsp3) is 0.318. The van der Waals surface area contributed by atoms with Gasteiger partial charge in [-0.25, -0.2) is 0 Å². The monoisotopic (exact) mass is 375 g/mol. The summed E-state index contributed by atoms with van der Waals surface area (Å²) in [6, 6.07) is 15.5. The first-order chi connectivity index (χ1) is 13.6. The summed E-state index contributed by atoms with van der Waals surface area (Å²) in [7, 11) is 0. The van der Waals surface area contributed by atoms with Crippen LogP contribution in [0.3, 0.4) is 0 Å². The van der Waals surface area contributed by atoms with Crippen LogP contribution in [-0.4, -0.2) is 26.3 Å². The summed E-state index contributed by atoms with van der Waals surface area (Å²) >= 11 is 0. The number of ether oxygens (including phenoxy) is 1. The highest BCUT2D eigenvalue weighted by Gasteiger charge is 2.08. The van der Waals surface area contributed by atoms with Crippen molar-refractivity contribution >= 4 is 23.0 Å². The van der Waals surface area contributed by atoms with Gasteiger partial charge >= 0.3 is 0 Å². The second-order valence-electron chi connectivity index (χ2n) is 6.22. The first-order valence-electron chi connectivity index (χ1n) is 9.33. The summed E-state index contributed by atoms with van der Waals surface area (Å²) in [5.74, 6) is 0. The lowest BCUT2D eigenvalue weighted by Crippen LogP contribution is -2.27. The molecular weight excluding hydrogens is 350 g/mol. The smallest absolute Gasteiger partial charge is 0.0998 e. The van der Waals surface area contributed by atoms with E-state index in [0.717, 1.165) is 42.1 Å². The van der Waals surface area contributed by atoms with Crippen LogP contribution in [0, 0.1) is 18.3 Å². The van der Waals surface area contributed by atoms with Crippen molar-refractivity contribution in [2.45, 2.75) is 20.8 Å². The summed E-state index contributed by atoms with van der Waals surface area (Å²) in [6.45, 7) is 9.35. The highest BCUT2D eigenvalue weighted by atomic mass is 16.5. The molecule has 28 heavy (non-hydrogen) atoms. The molecule has 0 bridgehead atoms. The molecule has 0 aliphatic rings. The molecule has 0 aromatic heterocycles. The topological polar surface area (TPSA) is 85.0 Å². The van der Waals surface area contributed by atoms with Gasteiger partial charge in [-0.3, -0.25) is 0 Å². The zero-order valence-electron chi connectivity index (χ0n) is 16.6. The number of rotatable bonds is 9. The minimum absolute atomic E-state index is 0.524. The van der Waals surface area contributed by atoms with Gasteiger partial charge in [-0.2, -0.15) is 5.26 Å². The third-order valence-corrected chi connectivity index (χ3v) is 4.47. The van der Waals surface area contributed by atoms with Gasteiger partial charge in [-0.05, 0) is 61.2 Å². The van der Waals surface area contributed by atoms with Gasteiger partial charge in [0.25, 0.3) is 0 Å². The van der Waals surface area contributed by atoms with Crippen LogP contribution < -0.4 is 4.90 Å². The summed E-state index contributed by atoms with van der Waals surface area (Å²) in [5, 5.41) is 13.1. The maximum Gasteiger partial charge on any atom is 0.0998 e. The molecule has 2 aromatic carbocycles. The number of nitriles is 1. The molecule has 6 nitrogen and oxygen atoms in total. The van der Waals surface area contributed by atoms with Crippen LogP contribution in [0.15, 0.2) is 47.6 Å². The fourth-order valence-electron chi connectivity index (χ4n) is 2.90. The van der Waals surface area contributed by atoms with Gasteiger partial charge in [-0.15, -0.1) is 0 Å². The van der Waals surface area contributed by atoms with Crippen LogP contribution in [0.1, 0.15) is 30.5 Å². The summed E-state index contributed by atoms with van der Waals surface area (Å²) < 4.78 is 5.47. The maximum absolute atomic E-state index is 9.58. The Labute approximate surface area is 166 Å². The first kappa shape index (κ1) is 21.0. The summed E-state index contributed by atoms with van der Waals surface area (Å²) in [4.78, 5) is 5.04. The van der Waals surface area contributed by atoms with E-state index < -0.39 is 0 Å². The minimum atomic E-state index is 0.524. The molecule has 0 atom stereocenters. The normalized spacial score (nSPS) is 10.9. The van der Waals surface area contributed by atoms with Crippen molar-refractivity contribution in [3.8, 4) is 6.07 Å². The lowest BCUT2D eigenvalue weighted by Gasteiger charge is -2.23. The van der Waals surface area contributed by atoms with Gasteiger partial charge in [-0.1, -0.05) is 35.4 Å². The molecule has 0 spiro atoms. The van der Waals surface area contributed by atoms with E-state index in [0.29, 0.717) is 17.9 Å². The Bertz CT molecular complexity index is 906. The molecule has 2 aromatic rings. The largest absolute Gasteiger partial charge is 0.380 e. The molecule has 0 fully saturated rings. The number of aryl methyl sites for hydroxylation is 1. The average Bonchev–Trinajstić information content (AvgIpc) is 2.71. The summed E-state index contributed by atoms with van der Waals surface area (Å²) in [6.07, 6.45) is 1.89. The number of benzene rings is 2. The maximum atomic E-state index is 9.58.